The molecule has 0 aliphatic rings. The summed E-state index contributed by atoms with van der Waals surface area (Å²) in [7, 11) is 3.30. The molecule has 0 spiro atoms. The van der Waals surface area contributed by atoms with Crippen molar-refractivity contribution in [1.82, 2.24) is 15.0 Å². The molecule has 0 N–H and O–H groups in total. The number of amides is 1. The zero-order valence-corrected chi connectivity index (χ0v) is 17.1. The van der Waals surface area contributed by atoms with Crippen molar-refractivity contribution in [3.8, 4) is 22.9 Å². The van der Waals surface area contributed by atoms with E-state index in [9.17, 15) is 4.79 Å². The lowest BCUT2D eigenvalue weighted by molar-refractivity contribution is -0.137. The number of para-hydroxylation sites is 1. The Morgan fingerprint density at radius 2 is 1.90 bits per heavy atom. The highest BCUT2D eigenvalue weighted by Crippen LogP contribution is 2.21. The SMILES string of the molecule is CCc1ccccc1OC(C)C(=O)N(C)Cc1nc(-c2ccc(OC)cc2)no1. The highest BCUT2D eigenvalue weighted by atomic mass is 16.5. The largest absolute Gasteiger partial charge is 0.497 e. The molecule has 0 saturated heterocycles. The molecule has 1 atom stereocenters. The number of carbonyl (C=O) groups is 1. The van der Waals surface area contributed by atoms with E-state index in [-0.39, 0.29) is 12.5 Å². The van der Waals surface area contributed by atoms with Crippen LogP contribution in [0.5, 0.6) is 11.5 Å². The molecular weight excluding hydrogens is 370 g/mol. The second-order valence-electron chi connectivity index (χ2n) is 6.66. The van der Waals surface area contributed by atoms with E-state index in [0.717, 1.165) is 29.0 Å². The molecule has 7 nitrogen and oxygen atoms in total. The van der Waals surface area contributed by atoms with Gasteiger partial charge >= 0.3 is 0 Å². The Balaban J connectivity index is 1.62. The van der Waals surface area contributed by atoms with Crippen molar-refractivity contribution >= 4 is 5.91 Å². The number of hydrogen-bond donors (Lipinski definition) is 0. The zero-order chi connectivity index (χ0) is 20.8. The average Bonchev–Trinajstić information content (AvgIpc) is 3.22. The molecule has 0 aliphatic heterocycles. The van der Waals surface area contributed by atoms with Crippen molar-refractivity contribution < 1.29 is 18.8 Å². The van der Waals surface area contributed by atoms with Crippen LogP contribution in [-0.2, 0) is 17.8 Å². The van der Waals surface area contributed by atoms with Crippen molar-refractivity contribution in [2.24, 2.45) is 0 Å². The first kappa shape index (κ1) is 20.4. The summed E-state index contributed by atoms with van der Waals surface area (Å²) in [6.07, 6.45) is 0.208. The third-order valence-corrected chi connectivity index (χ3v) is 4.57. The molecule has 1 aromatic heterocycles. The number of rotatable bonds is 8. The van der Waals surface area contributed by atoms with Gasteiger partial charge in [-0.15, -0.1) is 0 Å². The van der Waals surface area contributed by atoms with Gasteiger partial charge in [-0.1, -0.05) is 30.3 Å². The summed E-state index contributed by atoms with van der Waals surface area (Å²) >= 11 is 0. The van der Waals surface area contributed by atoms with Gasteiger partial charge in [0.15, 0.2) is 6.10 Å². The lowest BCUT2D eigenvalue weighted by Gasteiger charge is -2.21. The van der Waals surface area contributed by atoms with Gasteiger partial charge in [0.05, 0.1) is 13.7 Å². The van der Waals surface area contributed by atoms with E-state index in [1.54, 1.807) is 21.1 Å². The summed E-state index contributed by atoms with van der Waals surface area (Å²) in [6, 6.07) is 15.1. The fraction of sp³-hybridized carbons (Fsp3) is 0.318. The predicted octanol–water partition coefficient (Wildman–Crippen LogP) is 3.73. The maximum atomic E-state index is 12.7. The van der Waals surface area contributed by atoms with E-state index in [1.165, 1.54) is 4.90 Å². The van der Waals surface area contributed by atoms with Crippen LogP contribution < -0.4 is 9.47 Å². The first-order chi connectivity index (χ1) is 14.0. The minimum Gasteiger partial charge on any atom is -0.497 e. The summed E-state index contributed by atoms with van der Waals surface area (Å²) in [5.74, 6) is 2.13. The number of likely N-dealkylation sites (N-methyl/N-ethyl adjacent to an activating group) is 1. The second kappa shape index (κ2) is 9.23. The van der Waals surface area contributed by atoms with Gasteiger partial charge in [0.2, 0.25) is 11.7 Å². The topological polar surface area (TPSA) is 77.7 Å². The molecule has 0 fully saturated rings. The van der Waals surface area contributed by atoms with E-state index >= 15 is 0 Å². The number of ether oxygens (including phenoxy) is 2. The number of carbonyl (C=O) groups excluding carboxylic acids is 1. The smallest absolute Gasteiger partial charge is 0.263 e. The van der Waals surface area contributed by atoms with Crippen molar-refractivity contribution in [2.75, 3.05) is 14.2 Å². The Morgan fingerprint density at radius 1 is 1.17 bits per heavy atom. The average molecular weight is 395 g/mol. The van der Waals surface area contributed by atoms with Crippen LogP contribution in [0.25, 0.3) is 11.4 Å². The lowest BCUT2D eigenvalue weighted by Crippen LogP contribution is -2.37. The van der Waals surface area contributed by atoms with E-state index in [4.69, 9.17) is 14.0 Å². The molecule has 2 aromatic carbocycles. The Bertz CT molecular complexity index is 953. The summed E-state index contributed by atoms with van der Waals surface area (Å²) < 4.78 is 16.3. The fourth-order valence-electron chi connectivity index (χ4n) is 2.92. The zero-order valence-electron chi connectivity index (χ0n) is 17.1. The number of nitrogens with zero attached hydrogens (tertiary/aromatic N) is 3. The normalized spacial score (nSPS) is 11.7. The van der Waals surface area contributed by atoms with E-state index in [1.807, 2.05) is 48.5 Å². The summed E-state index contributed by atoms with van der Waals surface area (Å²) in [5, 5.41) is 3.99. The maximum Gasteiger partial charge on any atom is 0.263 e. The van der Waals surface area contributed by atoms with Crippen LogP contribution in [0.4, 0.5) is 0 Å². The van der Waals surface area contributed by atoms with Gasteiger partial charge in [-0.2, -0.15) is 4.98 Å². The Labute approximate surface area is 170 Å². The summed E-state index contributed by atoms with van der Waals surface area (Å²) in [6.45, 7) is 3.99. The second-order valence-corrected chi connectivity index (χ2v) is 6.66. The molecule has 152 valence electrons. The van der Waals surface area contributed by atoms with Gasteiger partial charge in [0.25, 0.3) is 5.91 Å². The highest BCUT2D eigenvalue weighted by molar-refractivity contribution is 5.80. The summed E-state index contributed by atoms with van der Waals surface area (Å²) in [4.78, 5) is 18.6. The van der Waals surface area contributed by atoms with Crippen LogP contribution in [0.1, 0.15) is 25.3 Å². The molecular formula is C22H25N3O4. The fourth-order valence-corrected chi connectivity index (χ4v) is 2.92. The van der Waals surface area contributed by atoms with Crippen LogP contribution in [-0.4, -0.2) is 41.2 Å². The molecule has 0 bridgehead atoms. The minimum atomic E-state index is -0.628. The number of aryl methyl sites for hydroxylation is 1. The Hall–Kier alpha value is -3.35. The molecule has 1 unspecified atom stereocenters. The molecule has 0 saturated carbocycles. The monoisotopic (exact) mass is 395 g/mol. The molecule has 0 radical (unpaired) electrons. The molecule has 3 rings (SSSR count). The van der Waals surface area contributed by atoms with E-state index in [2.05, 4.69) is 17.1 Å². The summed E-state index contributed by atoms with van der Waals surface area (Å²) in [5.41, 5.74) is 1.87. The van der Waals surface area contributed by atoms with Gasteiger partial charge in [0.1, 0.15) is 11.5 Å². The molecule has 1 amide bonds. The lowest BCUT2D eigenvalue weighted by atomic mass is 10.1. The standard InChI is InChI=1S/C22H25N3O4/c1-5-16-8-6-7-9-19(16)28-15(2)22(26)25(3)14-20-23-21(24-29-20)17-10-12-18(27-4)13-11-17/h6-13,15H,5,14H2,1-4H3. The first-order valence-corrected chi connectivity index (χ1v) is 9.48. The van der Waals surface area contributed by atoms with E-state index < -0.39 is 6.10 Å². The predicted molar refractivity (Wildman–Crippen MR) is 109 cm³/mol. The van der Waals surface area contributed by atoms with Crippen LogP contribution in [0.15, 0.2) is 53.1 Å². The number of methoxy groups -OCH3 is 1. The van der Waals surface area contributed by atoms with E-state index in [0.29, 0.717) is 11.7 Å². The third-order valence-electron chi connectivity index (χ3n) is 4.57. The third kappa shape index (κ3) is 4.93. The highest BCUT2D eigenvalue weighted by Gasteiger charge is 2.22. The van der Waals surface area contributed by atoms with Crippen molar-refractivity contribution in [2.45, 2.75) is 32.9 Å². The van der Waals surface area contributed by atoms with Crippen LogP contribution >= 0.6 is 0 Å². The molecule has 7 heteroatoms. The van der Waals surface area contributed by atoms with Gasteiger partial charge in [0, 0.05) is 12.6 Å². The number of aromatic nitrogens is 2. The van der Waals surface area contributed by atoms with Gasteiger partial charge in [-0.25, -0.2) is 0 Å². The molecule has 1 heterocycles. The molecule has 29 heavy (non-hydrogen) atoms. The Kier molecular flexibility index (Phi) is 6.49. The van der Waals surface area contributed by atoms with Crippen molar-refractivity contribution in [1.29, 1.82) is 0 Å². The van der Waals surface area contributed by atoms with Crippen molar-refractivity contribution in [3.05, 3.63) is 60.0 Å². The van der Waals surface area contributed by atoms with Gasteiger partial charge < -0.3 is 18.9 Å². The van der Waals surface area contributed by atoms with Gasteiger partial charge in [-0.3, -0.25) is 4.79 Å². The van der Waals surface area contributed by atoms with Crippen LogP contribution in [0.3, 0.4) is 0 Å². The first-order valence-electron chi connectivity index (χ1n) is 9.48. The Morgan fingerprint density at radius 3 is 2.59 bits per heavy atom. The molecule has 3 aromatic rings. The van der Waals surface area contributed by atoms with Crippen molar-refractivity contribution in [3.63, 3.8) is 0 Å². The van der Waals surface area contributed by atoms with Gasteiger partial charge in [-0.05, 0) is 49.2 Å². The number of benzene rings is 2. The van der Waals surface area contributed by atoms with Crippen LogP contribution in [0.2, 0.25) is 0 Å². The maximum absolute atomic E-state index is 12.7. The molecule has 0 aliphatic carbocycles. The number of hydrogen-bond acceptors (Lipinski definition) is 6. The quantitative estimate of drug-likeness (QED) is 0.578. The van der Waals surface area contributed by atoms with Crippen LogP contribution in [0, 0.1) is 0 Å². The minimum absolute atomic E-state index is 0.167.